The fraction of sp³-hybridized carbons (Fsp3) is 0.118. The van der Waals surface area contributed by atoms with Crippen LogP contribution in [0.5, 0.6) is 0 Å². The number of nitrogens with one attached hydrogen (secondary N) is 1. The number of carbonyl (C=O) groups is 3. The van der Waals surface area contributed by atoms with Gasteiger partial charge in [-0.05, 0) is 31.2 Å². The van der Waals surface area contributed by atoms with Gasteiger partial charge in [0.25, 0.3) is 5.91 Å². The molecule has 5 heteroatoms. The number of benzene rings is 2. The molecule has 0 aliphatic carbocycles. The Morgan fingerprint density at radius 2 is 1.68 bits per heavy atom. The lowest BCUT2D eigenvalue weighted by atomic mass is 10.1. The summed E-state index contributed by atoms with van der Waals surface area (Å²) < 4.78 is 5.10. The fourth-order valence-corrected chi connectivity index (χ4v) is 1.75. The number of hydrogen-bond donors (Lipinski definition) is 1. The molecule has 0 aliphatic heterocycles. The van der Waals surface area contributed by atoms with Crippen LogP contribution in [0.4, 0.5) is 5.69 Å². The van der Waals surface area contributed by atoms with E-state index in [-0.39, 0.29) is 5.56 Å². The second-order valence-electron chi connectivity index (χ2n) is 4.64. The molecule has 0 aromatic heterocycles. The van der Waals surface area contributed by atoms with Gasteiger partial charge >= 0.3 is 5.97 Å². The van der Waals surface area contributed by atoms with Gasteiger partial charge in [0, 0.05) is 11.3 Å². The molecule has 0 saturated carbocycles. The third-order valence-corrected chi connectivity index (χ3v) is 2.98. The maximum absolute atomic E-state index is 11.9. The lowest BCUT2D eigenvalue weighted by molar-refractivity contribution is -0.123. The van der Waals surface area contributed by atoms with Gasteiger partial charge in [0.2, 0.25) is 0 Å². The van der Waals surface area contributed by atoms with E-state index >= 15 is 0 Å². The fourth-order valence-electron chi connectivity index (χ4n) is 1.75. The predicted molar refractivity (Wildman–Crippen MR) is 81.8 cm³/mol. The highest BCUT2D eigenvalue weighted by Crippen LogP contribution is 2.09. The summed E-state index contributed by atoms with van der Waals surface area (Å²) >= 11 is 0. The van der Waals surface area contributed by atoms with Crippen LogP contribution >= 0.6 is 0 Å². The topological polar surface area (TPSA) is 72.5 Å². The van der Waals surface area contributed by atoms with E-state index < -0.39 is 18.0 Å². The number of hydrogen-bond acceptors (Lipinski definition) is 4. The molecule has 1 N–H and O–H groups in total. The van der Waals surface area contributed by atoms with E-state index in [1.807, 2.05) is 6.07 Å². The molecule has 112 valence electrons. The highest BCUT2D eigenvalue weighted by atomic mass is 16.5. The Bertz CT molecular complexity index is 665. The number of aldehydes is 1. The monoisotopic (exact) mass is 297 g/mol. The van der Waals surface area contributed by atoms with Crippen LogP contribution in [0.2, 0.25) is 0 Å². The van der Waals surface area contributed by atoms with Crippen molar-refractivity contribution in [2.45, 2.75) is 13.0 Å². The highest BCUT2D eigenvalue weighted by molar-refractivity contribution is 5.97. The first-order chi connectivity index (χ1) is 10.6. The molecule has 0 saturated heterocycles. The van der Waals surface area contributed by atoms with Crippen molar-refractivity contribution in [3.63, 3.8) is 0 Å². The Kier molecular flexibility index (Phi) is 5.03. The van der Waals surface area contributed by atoms with Crippen LogP contribution in [0.1, 0.15) is 27.6 Å². The quantitative estimate of drug-likeness (QED) is 0.680. The van der Waals surface area contributed by atoms with Crippen LogP contribution in [-0.4, -0.2) is 24.3 Å². The Labute approximate surface area is 127 Å². The molecule has 0 unspecified atom stereocenters. The Morgan fingerprint density at radius 1 is 1.05 bits per heavy atom. The average Bonchev–Trinajstić information content (AvgIpc) is 2.55. The Hall–Kier alpha value is -2.95. The summed E-state index contributed by atoms with van der Waals surface area (Å²) in [6.07, 6.45) is -0.246. The maximum atomic E-state index is 11.9. The molecule has 0 fully saturated rings. The van der Waals surface area contributed by atoms with Gasteiger partial charge in [0.05, 0.1) is 5.56 Å². The Morgan fingerprint density at radius 3 is 2.27 bits per heavy atom. The lowest BCUT2D eigenvalue weighted by Crippen LogP contribution is -2.29. The second kappa shape index (κ2) is 7.17. The lowest BCUT2D eigenvalue weighted by Gasteiger charge is -2.13. The first kappa shape index (κ1) is 15.4. The number of carbonyl (C=O) groups excluding carboxylic acids is 3. The molecule has 22 heavy (non-hydrogen) atoms. The SMILES string of the molecule is C[C@@H](OC(=O)c1ccc(C=O)cc1)C(=O)Nc1ccccc1. The third-order valence-electron chi connectivity index (χ3n) is 2.98. The largest absolute Gasteiger partial charge is 0.449 e. The minimum atomic E-state index is -0.932. The van der Waals surface area contributed by atoms with Crippen molar-refractivity contribution in [3.05, 3.63) is 65.7 Å². The second-order valence-corrected chi connectivity index (χ2v) is 4.64. The summed E-state index contributed by atoms with van der Waals surface area (Å²) in [5.41, 5.74) is 1.38. The standard InChI is InChI=1S/C17H15NO4/c1-12(16(20)18-15-5-3-2-4-6-15)22-17(21)14-9-7-13(11-19)8-10-14/h2-12H,1H3,(H,18,20)/t12-/m1/s1. The van der Waals surface area contributed by atoms with Gasteiger partial charge in [-0.15, -0.1) is 0 Å². The minimum absolute atomic E-state index is 0.282. The van der Waals surface area contributed by atoms with E-state index in [9.17, 15) is 14.4 Å². The number of esters is 1. The molecule has 0 heterocycles. The van der Waals surface area contributed by atoms with Gasteiger partial charge in [0.1, 0.15) is 6.29 Å². The summed E-state index contributed by atoms with van der Waals surface area (Å²) in [6, 6.07) is 14.9. The van der Waals surface area contributed by atoms with Crippen molar-refractivity contribution in [1.29, 1.82) is 0 Å². The van der Waals surface area contributed by atoms with E-state index in [2.05, 4.69) is 5.32 Å². The van der Waals surface area contributed by atoms with Crippen molar-refractivity contribution in [2.75, 3.05) is 5.32 Å². The summed E-state index contributed by atoms with van der Waals surface area (Å²) in [4.78, 5) is 34.4. The number of amides is 1. The van der Waals surface area contributed by atoms with Gasteiger partial charge in [-0.3, -0.25) is 9.59 Å². The molecular weight excluding hydrogens is 282 g/mol. The molecule has 1 amide bonds. The molecule has 2 aromatic rings. The molecule has 5 nitrogen and oxygen atoms in total. The summed E-state index contributed by atoms with van der Waals surface area (Å²) in [5, 5.41) is 2.65. The zero-order chi connectivity index (χ0) is 15.9. The first-order valence-electron chi connectivity index (χ1n) is 6.72. The molecule has 2 aromatic carbocycles. The summed E-state index contributed by atoms with van der Waals surface area (Å²) in [6.45, 7) is 1.50. The van der Waals surface area contributed by atoms with E-state index in [4.69, 9.17) is 4.74 Å². The molecule has 0 bridgehead atoms. The van der Waals surface area contributed by atoms with E-state index in [1.165, 1.54) is 31.2 Å². The molecule has 2 rings (SSSR count). The van der Waals surface area contributed by atoms with Crippen LogP contribution in [0, 0.1) is 0 Å². The smallest absolute Gasteiger partial charge is 0.338 e. The van der Waals surface area contributed by atoms with Crippen molar-refractivity contribution < 1.29 is 19.1 Å². The van der Waals surface area contributed by atoms with Gasteiger partial charge in [-0.2, -0.15) is 0 Å². The van der Waals surface area contributed by atoms with Gasteiger partial charge in [0.15, 0.2) is 6.10 Å². The Balaban J connectivity index is 1.95. The summed E-state index contributed by atoms with van der Waals surface area (Å²) in [7, 11) is 0. The van der Waals surface area contributed by atoms with Crippen molar-refractivity contribution in [1.82, 2.24) is 0 Å². The van der Waals surface area contributed by atoms with Crippen molar-refractivity contribution in [3.8, 4) is 0 Å². The van der Waals surface area contributed by atoms with Gasteiger partial charge in [-0.25, -0.2) is 4.79 Å². The van der Waals surface area contributed by atoms with Crippen molar-refractivity contribution >= 4 is 23.9 Å². The minimum Gasteiger partial charge on any atom is -0.449 e. The van der Waals surface area contributed by atoms with Crippen LogP contribution in [0.15, 0.2) is 54.6 Å². The number of ether oxygens (including phenoxy) is 1. The van der Waals surface area contributed by atoms with Crippen LogP contribution in [-0.2, 0) is 9.53 Å². The van der Waals surface area contributed by atoms with Crippen molar-refractivity contribution in [2.24, 2.45) is 0 Å². The zero-order valence-electron chi connectivity index (χ0n) is 12.0. The van der Waals surface area contributed by atoms with Gasteiger partial charge < -0.3 is 10.1 Å². The third kappa shape index (κ3) is 4.02. The number of anilines is 1. The molecule has 1 atom stereocenters. The van der Waals surface area contributed by atoms with Crippen LogP contribution in [0.25, 0.3) is 0 Å². The first-order valence-corrected chi connectivity index (χ1v) is 6.72. The summed E-state index contributed by atoms with van der Waals surface area (Å²) in [5.74, 6) is -1.03. The normalized spacial score (nSPS) is 11.3. The molecule has 0 radical (unpaired) electrons. The predicted octanol–water partition coefficient (Wildman–Crippen LogP) is 2.68. The molecule has 0 aliphatic rings. The maximum Gasteiger partial charge on any atom is 0.338 e. The van der Waals surface area contributed by atoms with E-state index in [0.717, 1.165) is 0 Å². The highest BCUT2D eigenvalue weighted by Gasteiger charge is 2.18. The number of rotatable bonds is 5. The molecular formula is C17H15NO4. The van der Waals surface area contributed by atoms with E-state index in [1.54, 1.807) is 24.3 Å². The van der Waals surface area contributed by atoms with Crippen LogP contribution < -0.4 is 5.32 Å². The molecule has 0 spiro atoms. The number of para-hydroxylation sites is 1. The van der Waals surface area contributed by atoms with Gasteiger partial charge in [-0.1, -0.05) is 30.3 Å². The van der Waals surface area contributed by atoms with E-state index in [0.29, 0.717) is 17.5 Å². The van der Waals surface area contributed by atoms with Crippen LogP contribution in [0.3, 0.4) is 0 Å². The zero-order valence-corrected chi connectivity index (χ0v) is 12.0. The average molecular weight is 297 g/mol.